The Kier molecular flexibility index (Phi) is 5.71. The number of benzene rings is 1. The number of aliphatic hydroxyl groups is 1. The van der Waals surface area contributed by atoms with Gasteiger partial charge in [-0.15, -0.1) is 11.3 Å². The number of rotatable bonds is 5. The summed E-state index contributed by atoms with van der Waals surface area (Å²) in [6.07, 6.45) is 1.27. The zero-order valence-corrected chi connectivity index (χ0v) is 14.6. The lowest BCUT2D eigenvalue weighted by Crippen LogP contribution is -2.46. The highest BCUT2D eigenvalue weighted by Crippen LogP contribution is 2.29. The third kappa shape index (κ3) is 4.26. The minimum atomic E-state index is -0.688. The normalized spacial score (nSPS) is 18.2. The van der Waals surface area contributed by atoms with Crippen molar-refractivity contribution in [3.05, 3.63) is 35.2 Å². The summed E-state index contributed by atoms with van der Waals surface area (Å²) in [5.74, 6) is 0.456. The number of hydrogen-bond acceptors (Lipinski definition) is 4. The van der Waals surface area contributed by atoms with Gasteiger partial charge in [0.25, 0.3) is 0 Å². The van der Waals surface area contributed by atoms with Crippen LogP contribution in [0.1, 0.15) is 30.7 Å². The fraction of sp³-hybridized carbons (Fsp3) is 0.500. The van der Waals surface area contributed by atoms with Crippen molar-refractivity contribution in [3.63, 3.8) is 0 Å². The first-order valence-corrected chi connectivity index (χ1v) is 9.24. The van der Waals surface area contributed by atoms with Crippen LogP contribution in [0.5, 0.6) is 0 Å². The zero-order valence-electron chi connectivity index (χ0n) is 13.8. The smallest absolute Gasteiger partial charge is 0.315 e. The number of hydrogen-bond donors (Lipinski definition) is 3. The number of urea groups is 1. The minimum Gasteiger partial charge on any atom is -0.386 e. The first-order chi connectivity index (χ1) is 11.6. The van der Waals surface area contributed by atoms with E-state index in [0.717, 1.165) is 41.0 Å². The Labute approximate surface area is 146 Å². The van der Waals surface area contributed by atoms with E-state index in [9.17, 15) is 9.90 Å². The van der Waals surface area contributed by atoms with Crippen LogP contribution in [0.25, 0.3) is 10.1 Å². The van der Waals surface area contributed by atoms with E-state index in [0.29, 0.717) is 5.92 Å². The lowest BCUT2D eigenvalue weighted by Gasteiger charge is -2.28. The highest BCUT2D eigenvalue weighted by Gasteiger charge is 2.22. The van der Waals surface area contributed by atoms with E-state index in [1.165, 1.54) is 0 Å². The van der Waals surface area contributed by atoms with Crippen LogP contribution in [0.4, 0.5) is 4.79 Å². The maximum absolute atomic E-state index is 12.0. The molecular weight excluding hydrogens is 324 g/mol. The average molecular weight is 348 g/mol. The summed E-state index contributed by atoms with van der Waals surface area (Å²) in [5, 5.41) is 17.2. The van der Waals surface area contributed by atoms with E-state index in [-0.39, 0.29) is 18.6 Å². The summed E-state index contributed by atoms with van der Waals surface area (Å²) in [6, 6.07) is 9.88. The SMILES string of the molecule is CC(NC(=O)NCC(O)c1cc2ccccc2s1)C1CCOCC1. The molecule has 3 N–H and O–H groups in total. The van der Waals surface area contributed by atoms with Gasteiger partial charge in [0.15, 0.2) is 0 Å². The van der Waals surface area contributed by atoms with Gasteiger partial charge in [0.05, 0.1) is 6.54 Å². The summed E-state index contributed by atoms with van der Waals surface area (Å²) >= 11 is 1.56. The van der Waals surface area contributed by atoms with Crippen molar-refractivity contribution in [1.29, 1.82) is 0 Å². The van der Waals surface area contributed by atoms with Crippen molar-refractivity contribution in [2.75, 3.05) is 19.8 Å². The van der Waals surface area contributed by atoms with Gasteiger partial charge in [-0.3, -0.25) is 0 Å². The van der Waals surface area contributed by atoms with Crippen LogP contribution < -0.4 is 10.6 Å². The lowest BCUT2D eigenvalue weighted by atomic mass is 9.93. The molecule has 1 aromatic heterocycles. The van der Waals surface area contributed by atoms with E-state index in [1.807, 2.05) is 37.3 Å². The van der Waals surface area contributed by atoms with Gasteiger partial charge in [0, 0.05) is 28.8 Å². The van der Waals surface area contributed by atoms with E-state index >= 15 is 0 Å². The Morgan fingerprint density at radius 3 is 2.88 bits per heavy atom. The lowest BCUT2D eigenvalue weighted by molar-refractivity contribution is 0.0570. The summed E-state index contributed by atoms with van der Waals surface area (Å²) in [5.41, 5.74) is 0. The van der Waals surface area contributed by atoms with Gasteiger partial charge < -0.3 is 20.5 Å². The molecule has 0 saturated carbocycles. The van der Waals surface area contributed by atoms with Gasteiger partial charge in [-0.25, -0.2) is 4.79 Å². The zero-order chi connectivity index (χ0) is 16.9. The molecule has 1 aliphatic rings. The third-order valence-electron chi connectivity index (χ3n) is 4.56. The average Bonchev–Trinajstić information content (AvgIpc) is 3.04. The van der Waals surface area contributed by atoms with Crippen LogP contribution in [-0.4, -0.2) is 36.9 Å². The molecule has 1 aromatic carbocycles. The summed E-state index contributed by atoms with van der Waals surface area (Å²) in [6.45, 7) is 3.77. The summed E-state index contributed by atoms with van der Waals surface area (Å²) in [4.78, 5) is 12.9. The van der Waals surface area contributed by atoms with Crippen LogP contribution in [0.3, 0.4) is 0 Å². The van der Waals surface area contributed by atoms with Crippen molar-refractivity contribution >= 4 is 27.5 Å². The van der Waals surface area contributed by atoms with Gasteiger partial charge in [-0.05, 0) is 43.2 Å². The van der Waals surface area contributed by atoms with Gasteiger partial charge in [-0.2, -0.15) is 0 Å². The molecule has 0 spiro atoms. The molecule has 3 rings (SSSR count). The van der Waals surface area contributed by atoms with E-state index in [4.69, 9.17) is 4.74 Å². The minimum absolute atomic E-state index is 0.107. The first kappa shape index (κ1) is 17.2. The number of fused-ring (bicyclic) bond motifs is 1. The monoisotopic (exact) mass is 348 g/mol. The fourth-order valence-corrected chi connectivity index (χ4v) is 4.10. The molecule has 6 heteroatoms. The van der Waals surface area contributed by atoms with Crippen molar-refractivity contribution in [2.24, 2.45) is 5.92 Å². The van der Waals surface area contributed by atoms with Gasteiger partial charge >= 0.3 is 6.03 Å². The molecule has 2 unspecified atom stereocenters. The van der Waals surface area contributed by atoms with E-state index < -0.39 is 6.10 Å². The van der Waals surface area contributed by atoms with Crippen LogP contribution in [0.2, 0.25) is 0 Å². The number of carbonyl (C=O) groups excluding carboxylic acids is 1. The molecule has 0 aliphatic carbocycles. The molecule has 1 aliphatic heterocycles. The van der Waals surface area contributed by atoms with Crippen LogP contribution in [0, 0.1) is 5.92 Å². The molecule has 0 radical (unpaired) electrons. The number of carbonyl (C=O) groups is 1. The molecule has 5 nitrogen and oxygen atoms in total. The van der Waals surface area contributed by atoms with Crippen molar-refractivity contribution in [3.8, 4) is 0 Å². The van der Waals surface area contributed by atoms with Crippen molar-refractivity contribution in [1.82, 2.24) is 10.6 Å². The number of ether oxygens (including phenoxy) is 1. The second-order valence-corrected chi connectivity index (χ2v) is 7.41. The predicted molar refractivity (Wildman–Crippen MR) is 96.3 cm³/mol. The Bertz CT molecular complexity index is 649. The highest BCUT2D eigenvalue weighted by atomic mass is 32.1. The summed E-state index contributed by atoms with van der Waals surface area (Å²) in [7, 11) is 0. The maximum atomic E-state index is 12.0. The topological polar surface area (TPSA) is 70.6 Å². The number of amides is 2. The van der Waals surface area contributed by atoms with E-state index in [2.05, 4.69) is 10.6 Å². The third-order valence-corrected chi connectivity index (χ3v) is 5.78. The molecular formula is C18H24N2O3S. The molecule has 2 amide bonds. The van der Waals surface area contributed by atoms with E-state index in [1.54, 1.807) is 11.3 Å². The Morgan fingerprint density at radius 1 is 1.38 bits per heavy atom. The predicted octanol–water partition coefficient (Wildman–Crippen LogP) is 3.05. The molecule has 2 heterocycles. The number of nitrogens with one attached hydrogen (secondary N) is 2. The number of aliphatic hydroxyl groups excluding tert-OH is 1. The molecule has 2 atom stereocenters. The maximum Gasteiger partial charge on any atom is 0.315 e. The molecule has 130 valence electrons. The standard InChI is InChI=1S/C18H24N2O3S/c1-12(13-6-8-23-9-7-13)20-18(22)19-11-15(21)17-10-14-4-2-3-5-16(14)24-17/h2-5,10,12-13,15,21H,6-9,11H2,1H3,(H2,19,20,22). The second kappa shape index (κ2) is 7.96. The Balaban J connectivity index is 1.48. The molecule has 2 aromatic rings. The molecule has 1 saturated heterocycles. The fourth-order valence-electron chi connectivity index (χ4n) is 3.05. The van der Waals surface area contributed by atoms with Gasteiger partial charge in [-0.1, -0.05) is 18.2 Å². The van der Waals surface area contributed by atoms with Gasteiger partial charge in [0.1, 0.15) is 6.10 Å². The molecule has 1 fully saturated rings. The van der Waals surface area contributed by atoms with Crippen LogP contribution >= 0.6 is 11.3 Å². The first-order valence-electron chi connectivity index (χ1n) is 8.42. The van der Waals surface area contributed by atoms with Crippen molar-refractivity contribution < 1.29 is 14.6 Å². The Hall–Kier alpha value is -1.63. The quantitative estimate of drug-likeness (QED) is 0.778. The van der Waals surface area contributed by atoms with Crippen LogP contribution in [0.15, 0.2) is 30.3 Å². The molecule has 0 bridgehead atoms. The number of thiophene rings is 1. The van der Waals surface area contributed by atoms with Crippen LogP contribution in [-0.2, 0) is 4.74 Å². The summed E-state index contributed by atoms with van der Waals surface area (Å²) < 4.78 is 6.49. The largest absolute Gasteiger partial charge is 0.386 e. The highest BCUT2D eigenvalue weighted by molar-refractivity contribution is 7.19. The van der Waals surface area contributed by atoms with Crippen molar-refractivity contribution in [2.45, 2.75) is 31.9 Å². The molecule has 24 heavy (non-hydrogen) atoms. The Morgan fingerprint density at radius 2 is 2.12 bits per heavy atom. The van der Waals surface area contributed by atoms with Gasteiger partial charge in [0.2, 0.25) is 0 Å². The second-order valence-electron chi connectivity index (χ2n) is 6.30.